The lowest BCUT2D eigenvalue weighted by Gasteiger charge is -2.41. The zero-order valence-corrected chi connectivity index (χ0v) is 24.2. The minimum atomic E-state index is -4.06. The number of anilines is 2. The van der Waals surface area contributed by atoms with E-state index in [0.29, 0.717) is 33.2 Å². The fourth-order valence-corrected chi connectivity index (χ4v) is 8.08. The van der Waals surface area contributed by atoms with Gasteiger partial charge in [-0.25, -0.2) is 25.4 Å². The molecule has 1 aliphatic carbocycles. The van der Waals surface area contributed by atoms with Gasteiger partial charge in [0, 0.05) is 8.95 Å². The molecule has 0 atom stereocenters. The first-order chi connectivity index (χ1) is 17.0. The SMILES string of the molecule is Cc1ccc(S(=O)(=O)N2C3=C(CCC=C3)N(S(=O)(=O)c3ccc(C)cc3)c3cc(Br)c(Br)cc32)cc1. The topological polar surface area (TPSA) is 74.8 Å². The van der Waals surface area contributed by atoms with Crippen LogP contribution in [0.15, 0.2) is 103 Å². The van der Waals surface area contributed by atoms with Crippen LogP contribution in [0.25, 0.3) is 0 Å². The molecule has 36 heavy (non-hydrogen) atoms. The van der Waals surface area contributed by atoms with Crippen LogP contribution < -0.4 is 8.61 Å². The molecule has 2 aliphatic rings. The molecule has 3 aromatic carbocycles. The van der Waals surface area contributed by atoms with Crippen LogP contribution in [0.1, 0.15) is 24.0 Å². The third kappa shape index (κ3) is 4.13. The second-order valence-electron chi connectivity index (χ2n) is 8.69. The lowest BCUT2D eigenvalue weighted by Crippen LogP contribution is -2.42. The van der Waals surface area contributed by atoms with Crippen LogP contribution in [0.4, 0.5) is 11.4 Å². The molecule has 0 aromatic heterocycles. The molecular weight excluding hydrogens is 628 g/mol. The minimum absolute atomic E-state index is 0.124. The Morgan fingerprint density at radius 3 is 1.64 bits per heavy atom. The summed E-state index contributed by atoms with van der Waals surface area (Å²) in [5.41, 5.74) is 3.11. The molecule has 1 aliphatic heterocycles. The van der Waals surface area contributed by atoms with Crippen molar-refractivity contribution < 1.29 is 16.8 Å². The van der Waals surface area contributed by atoms with E-state index in [9.17, 15) is 16.8 Å². The van der Waals surface area contributed by atoms with Crippen LogP contribution in [0.3, 0.4) is 0 Å². The summed E-state index contributed by atoms with van der Waals surface area (Å²) in [4.78, 5) is 0.257. The third-order valence-electron chi connectivity index (χ3n) is 6.16. The van der Waals surface area contributed by atoms with Gasteiger partial charge < -0.3 is 0 Å². The Morgan fingerprint density at radius 2 is 1.14 bits per heavy atom. The van der Waals surface area contributed by atoms with Gasteiger partial charge in [0.05, 0.1) is 32.6 Å². The second kappa shape index (κ2) is 9.16. The van der Waals surface area contributed by atoms with E-state index < -0.39 is 20.0 Å². The Balaban J connectivity index is 1.82. The fourth-order valence-electron chi connectivity index (χ4n) is 4.32. The summed E-state index contributed by atoms with van der Waals surface area (Å²) in [6.45, 7) is 3.78. The zero-order valence-electron chi connectivity index (χ0n) is 19.4. The molecule has 1 heterocycles. The summed E-state index contributed by atoms with van der Waals surface area (Å²) >= 11 is 6.95. The van der Waals surface area contributed by atoms with Crippen molar-refractivity contribution in [3.63, 3.8) is 0 Å². The summed E-state index contributed by atoms with van der Waals surface area (Å²) in [5, 5.41) is 0. The average molecular weight is 650 g/mol. The van der Waals surface area contributed by atoms with Gasteiger partial charge >= 0.3 is 0 Å². The number of halogens is 2. The van der Waals surface area contributed by atoms with Gasteiger partial charge in [-0.15, -0.1) is 0 Å². The molecule has 6 nitrogen and oxygen atoms in total. The van der Waals surface area contributed by atoms with Crippen LogP contribution >= 0.6 is 31.9 Å². The van der Waals surface area contributed by atoms with Crippen molar-refractivity contribution in [2.75, 3.05) is 8.61 Å². The molecule has 0 bridgehead atoms. The summed E-state index contributed by atoms with van der Waals surface area (Å²) in [5.74, 6) is 0. The number of hydrogen-bond donors (Lipinski definition) is 0. The summed E-state index contributed by atoms with van der Waals surface area (Å²) in [6, 6.07) is 16.6. The molecule has 0 N–H and O–H groups in total. The second-order valence-corrected chi connectivity index (χ2v) is 14.0. The van der Waals surface area contributed by atoms with E-state index in [0.717, 1.165) is 11.1 Å². The lowest BCUT2D eigenvalue weighted by molar-refractivity contribution is 0.588. The van der Waals surface area contributed by atoms with E-state index in [-0.39, 0.29) is 21.2 Å². The molecule has 5 rings (SSSR count). The maximum absolute atomic E-state index is 14.0. The molecule has 0 saturated heterocycles. The van der Waals surface area contributed by atoms with Crippen LogP contribution in [0.2, 0.25) is 0 Å². The van der Waals surface area contributed by atoms with Crippen molar-refractivity contribution in [3.05, 3.63) is 104 Å². The van der Waals surface area contributed by atoms with Crippen molar-refractivity contribution in [1.82, 2.24) is 0 Å². The van der Waals surface area contributed by atoms with E-state index in [4.69, 9.17) is 0 Å². The molecule has 0 fully saturated rings. The first-order valence-electron chi connectivity index (χ1n) is 11.1. The quantitative estimate of drug-likeness (QED) is 0.312. The Hall–Kier alpha value is -2.40. The molecular formula is C26H22Br2N2O4S2. The summed E-state index contributed by atoms with van der Waals surface area (Å²) in [6.07, 6.45) is 4.52. The number of benzene rings is 3. The molecule has 0 spiro atoms. The zero-order chi connectivity index (χ0) is 25.8. The van der Waals surface area contributed by atoms with Crippen molar-refractivity contribution in [2.45, 2.75) is 36.5 Å². The minimum Gasteiger partial charge on any atom is -0.234 e. The van der Waals surface area contributed by atoms with E-state index in [1.807, 2.05) is 19.9 Å². The van der Waals surface area contributed by atoms with Gasteiger partial charge in [0.25, 0.3) is 20.0 Å². The van der Waals surface area contributed by atoms with Crippen molar-refractivity contribution in [2.24, 2.45) is 0 Å². The van der Waals surface area contributed by atoms with E-state index in [2.05, 4.69) is 31.9 Å². The van der Waals surface area contributed by atoms with Crippen LogP contribution in [-0.2, 0) is 20.0 Å². The van der Waals surface area contributed by atoms with Crippen LogP contribution in [0, 0.1) is 13.8 Å². The Kier molecular flexibility index (Phi) is 6.43. The van der Waals surface area contributed by atoms with Crippen LogP contribution in [0.5, 0.6) is 0 Å². The highest BCUT2D eigenvalue weighted by molar-refractivity contribution is 9.13. The highest BCUT2D eigenvalue weighted by Crippen LogP contribution is 2.50. The number of nitrogens with zero attached hydrogens (tertiary/aromatic N) is 2. The molecule has 0 amide bonds. The van der Waals surface area contributed by atoms with Gasteiger partial charge in [0.1, 0.15) is 0 Å². The van der Waals surface area contributed by atoms with E-state index in [1.165, 1.54) is 8.61 Å². The Labute approximate surface area is 228 Å². The van der Waals surface area contributed by atoms with Gasteiger partial charge in [-0.1, -0.05) is 41.5 Å². The van der Waals surface area contributed by atoms with Gasteiger partial charge in [-0.2, -0.15) is 0 Å². The lowest BCUT2D eigenvalue weighted by atomic mass is 10.0. The molecule has 0 unspecified atom stereocenters. The molecule has 186 valence electrons. The Bertz CT molecular complexity index is 1650. The predicted octanol–water partition coefficient (Wildman–Crippen LogP) is 6.79. The van der Waals surface area contributed by atoms with Crippen molar-refractivity contribution in [3.8, 4) is 0 Å². The highest BCUT2D eigenvalue weighted by atomic mass is 79.9. The smallest absolute Gasteiger partial charge is 0.234 e. The first kappa shape index (κ1) is 25.3. The molecule has 0 radical (unpaired) electrons. The number of aryl methyl sites for hydroxylation is 2. The van der Waals surface area contributed by atoms with E-state index >= 15 is 0 Å². The van der Waals surface area contributed by atoms with Gasteiger partial charge in [0.15, 0.2) is 0 Å². The van der Waals surface area contributed by atoms with Crippen LogP contribution in [-0.4, -0.2) is 16.8 Å². The maximum Gasteiger partial charge on any atom is 0.268 e. The van der Waals surface area contributed by atoms with E-state index in [1.54, 1.807) is 66.7 Å². The maximum atomic E-state index is 14.0. The normalized spacial score (nSPS) is 15.7. The summed E-state index contributed by atoms with van der Waals surface area (Å²) in [7, 11) is -8.11. The van der Waals surface area contributed by atoms with Crippen molar-refractivity contribution in [1.29, 1.82) is 0 Å². The predicted molar refractivity (Wildman–Crippen MR) is 149 cm³/mol. The average Bonchev–Trinajstić information content (AvgIpc) is 2.83. The van der Waals surface area contributed by atoms with Crippen molar-refractivity contribution >= 4 is 63.3 Å². The third-order valence-corrected chi connectivity index (χ3v) is 11.5. The van der Waals surface area contributed by atoms with Gasteiger partial charge in [-0.05, 0) is 101 Å². The number of sulfonamides is 2. The number of rotatable bonds is 4. The largest absolute Gasteiger partial charge is 0.268 e. The molecule has 3 aromatic rings. The number of fused-ring (bicyclic) bond motifs is 1. The number of allylic oxidation sites excluding steroid dienone is 3. The number of hydrogen-bond acceptors (Lipinski definition) is 4. The van der Waals surface area contributed by atoms with Gasteiger partial charge in [0.2, 0.25) is 0 Å². The highest BCUT2D eigenvalue weighted by Gasteiger charge is 2.42. The standard InChI is InChI=1S/C26H22Br2N2O4S2/c1-17-7-11-19(12-8-17)35(31,32)29-23-5-3-4-6-24(23)30(26-16-22(28)21(27)15-25(26)29)36(33,34)20-13-9-18(2)10-14-20/h3,5,7-16H,4,6H2,1-2H3. The first-order valence-corrected chi connectivity index (χ1v) is 15.6. The summed E-state index contributed by atoms with van der Waals surface area (Å²) < 4.78 is 59.9. The molecule has 10 heteroatoms. The molecule has 0 saturated carbocycles. The van der Waals surface area contributed by atoms with Gasteiger partial charge in [-0.3, -0.25) is 0 Å². The monoisotopic (exact) mass is 648 g/mol. The Morgan fingerprint density at radius 1 is 0.694 bits per heavy atom. The fraction of sp³-hybridized carbons (Fsp3) is 0.154.